The highest BCUT2D eigenvalue weighted by atomic mass is 16.6. The smallest absolute Gasteiger partial charge is 0.311 e. The zero-order valence-corrected chi connectivity index (χ0v) is 15.1. The summed E-state index contributed by atoms with van der Waals surface area (Å²) in [7, 11) is 0. The molecule has 3 aromatic rings. The lowest BCUT2D eigenvalue weighted by Gasteiger charge is -2.31. The first-order valence-electron chi connectivity index (χ1n) is 8.40. The number of phenolic OH excluding ortho intramolecular Hbond substituents is 3. The highest BCUT2D eigenvalue weighted by Gasteiger charge is 2.35. The lowest BCUT2D eigenvalue weighted by Crippen LogP contribution is -2.25. The molecule has 0 saturated carbocycles. The molecule has 3 rings (SSSR count). The first-order valence-corrected chi connectivity index (χ1v) is 8.40. The van der Waals surface area contributed by atoms with Gasteiger partial charge in [0, 0.05) is 17.5 Å². The minimum atomic E-state index is -1.13. The summed E-state index contributed by atoms with van der Waals surface area (Å²) in [6.07, 6.45) is 0. The Morgan fingerprint density at radius 3 is 1.45 bits per heavy atom. The van der Waals surface area contributed by atoms with Crippen molar-refractivity contribution in [3.8, 4) is 17.2 Å². The number of hydrogen-bond acceptors (Lipinski definition) is 7. The summed E-state index contributed by atoms with van der Waals surface area (Å²) < 4.78 is 0. The van der Waals surface area contributed by atoms with Gasteiger partial charge in [0.05, 0.1) is 9.85 Å². The van der Waals surface area contributed by atoms with E-state index in [1.165, 1.54) is 48.5 Å². The Morgan fingerprint density at radius 2 is 1.07 bits per heavy atom. The van der Waals surface area contributed by atoms with Crippen molar-refractivity contribution in [2.75, 3.05) is 0 Å². The van der Waals surface area contributed by atoms with Crippen LogP contribution in [-0.4, -0.2) is 25.2 Å². The molecular formula is C20H16N2O7. The summed E-state index contributed by atoms with van der Waals surface area (Å²) in [4.78, 5) is 21.1. The molecule has 3 N–H and O–H groups in total. The van der Waals surface area contributed by atoms with Gasteiger partial charge in [0.15, 0.2) is 11.5 Å². The number of nitro groups is 2. The van der Waals surface area contributed by atoms with Crippen LogP contribution >= 0.6 is 0 Å². The van der Waals surface area contributed by atoms with Gasteiger partial charge in [-0.1, -0.05) is 24.3 Å². The van der Waals surface area contributed by atoms with Gasteiger partial charge in [-0.3, -0.25) is 20.2 Å². The van der Waals surface area contributed by atoms with Gasteiger partial charge in [-0.25, -0.2) is 0 Å². The lowest BCUT2D eigenvalue weighted by atomic mass is 9.71. The SMILES string of the molecule is CC(c1ccc(O)cc1)(c1ccc(O)c([N+](=O)[O-])c1)c1ccc(O)c([N+](=O)[O-])c1. The van der Waals surface area contributed by atoms with E-state index >= 15 is 0 Å². The van der Waals surface area contributed by atoms with Crippen LogP contribution in [0.1, 0.15) is 23.6 Å². The maximum absolute atomic E-state index is 11.3. The molecule has 0 saturated heterocycles. The molecule has 3 aromatic carbocycles. The number of benzene rings is 3. The van der Waals surface area contributed by atoms with Crippen molar-refractivity contribution in [2.45, 2.75) is 12.3 Å². The number of nitrogens with zero attached hydrogens (tertiary/aromatic N) is 2. The first kappa shape index (κ1) is 19.6. The number of hydrogen-bond donors (Lipinski definition) is 3. The Kier molecular flexibility index (Phi) is 4.81. The Balaban J connectivity index is 2.33. The maximum Gasteiger partial charge on any atom is 0.311 e. The third-order valence-electron chi connectivity index (χ3n) is 4.94. The number of nitro benzene ring substituents is 2. The molecule has 0 aliphatic heterocycles. The molecule has 9 nitrogen and oxygen atoms in total. The zero-order chi connectivity index (χ0) is 21.3. The average Bonchev–Trinajstić information content (AvgIpc) is 2.68. The first-order chi connectivity index (χ1) is 13.6. The van der Waals surface area contributed by atoms with E-state index in [-0.39, 0.29) is 5.75 Å². The van der Waals surface area contributed by atoms with Crippen LogP contribution in [0.4, 0.5) is 11.4 Å². The summed E-state index contributed by atoms with van der Waals surface area (Å²) in [6.45, 7) is 1.70. The molecule has 0 amide bonds. The molecule has 0 unspecified atom stereocenters. The van der Waals surface area contributed by atoms with E-state index in [2.05, 4.69) is 0 Å². The van der Waals surface area contributed by atoms with Gasteiger partial charge in [0.2, 0.25) is 0 Å². The van der Waals surface area contributed by atoms with E-state index in [1.54, 1.807) is 19.1 Å². The number of rotatable bonds is 5. The van der Waals surface area contributed by atoms with Gasteiger partial charge in [0.25, 0.3) is 0 Å². The standard InChI is InChI=1S/C20H16N2O7/c1-20(12-2-6-15(23)7-3-12,13-4-8-18(24)16(10-13)21(26)27)14-5-9-19(25)17(11-14)22(28)29/h2-11,23-25H,1H3. The van der Waals surface area contributed by atoms with E-state index in [4.69, 9.17) is 0 Å². The van der Waals surface area contributed by atoms with Crippen LogP contribution < -0.4 is 0 Å². The third kappa shape index (κ3) is 3.41. The zero-order valence-electron chi connectivity index (χ0n) is 15.1. The molecule has 0 aliphatic carbocycles. The monoisotopic (exact) mass is 396 g/mol. The molecule has 0 aliphatic rings. The number of aromatic hydroxyl groups is 3. The van der Waals surface area contributed by atoms with E-state index in [9.17, 15) is 35.5 Å². The molecule has 0 heterocycles. The van der Waals surface area contributed by atoms with Crippen molar-refractivity contribution in [3.05, 3.63) is 97.6 Å². The van der Waals surface area contributed by atoms with E-state index in [1.807, 2.05) is 0 Å². The minimum Gasteiger partial charge on any atom is -0.508 e. The van der Waals surface area contributed by atoms with Crippen molar-refractivity contribution in [1.29, 1.82) is 0 Å². The van der Waals surface area contributed by atoms with Gasteiger partial charge in [-0.05, 0) is 47.9 Å². The van der Waals surface area contributed by atoms with Crippen molar-refractivity contribution in [2.24, 2.45) is 0 Å². The van der Waals surface area contributed by atoms with Crippen LogP contribution in [-0.2, 0) is 5.41 Å². The summed E-state index contributed by atoms with van der Waals surface area (Å²) in [5, 5.41) is 51.8. The predicted octanol–water partition coefficient (Wildman–Crippen LogP) is 3.97. The van der Waals surface area contributed by atoms with Crippen molar-refractivity contribution >= 4 is 11.4 Å². The summed E-state index contributed by atoms with van der Waals surface area (Å²) >= 11 is 0. The Labute approximate surface area is 164 Å². The molecule has 9 heteroatoms. The molecule has 0 aromatic heterocycles. The van der Waals surface area contributed by atoms with Crippen LogP contribution in [0.25, 0.3) is 0 Å². The normalized spacial score (nSPS) is 11.2. The van der Waals surface area contributed by atoms with Gasteiger partial charge in [-0.2, -0.15) is 0 Å². The second kappa shape index (κ2) is 7.12. The van der Waals surface area contributed by atoms with Crippen LogP contribution in [0.5, 0.6) is 17.2 Å². The Morgan fingerprint density at radius 1 is 0.690 bits per heavy atom. The van der Waals surface area contributed by atoms with Crippen molar-refractivity contribution < 1.29 is 25.2 Å². The fourth-order valence-electron chi connectivity index (χ4n) is 3.26. The highest BCUT2D eigenvalue weighted by molar-refractivity contribution is 5.59. The second-order valence-corrected chi connectivity index (χ2v) is 6.59. The average molecular weight is 396 g/mol. The molecule has 29 heavy (non-hydrogen) atoms. The molecular weight excluding hydrogens is 380 g/mol. The minimum absolute atomic E-state index is 0.00414. The molecule has 0 spiro atoms. The quantitative estimate of drug-likeness (QED) is 0.336. The Hall–Kier alpha value is -4.14. The highest BCUT2D eigenvalue weighted by Crippen LogP contribution is 2.44. The van der Waals surface area contributed by atoms with Crippen molar-refractivity contribution in [1.82, 2.24) is 0 Å². The van der Waals surface area contributed by atoms with Gasteiger partial charge >= 0.3 is 11.4 Å². The largest absolute Gasteiger partial charge is 0.508 e. The van der Waals surface area contributed by atoms with Gasteiger partial charge in [0.1, 0.15) is 5.75 Å². The fraction of sp³-hybridized carbons (Fsp3) is 0.100. The number of phenols is 3. The summed E-state index contributed by atoms with van der Waals surface area (Å²) in [6, 6.07) is 13.7. The van der Waals surface area contributed by atoms with E-state index in [0.717, 1.165) is 0 Å². The molecule has 148 valence electrons. The van der Waals surface area contributed by atoms with Gasteiger partial charge < -0.3 is 15.3 Å². The van der Waals surface area contributed by atoms with Crippen LogP contribution in [0.3, 0.4) is 0 Å². The lowest BCUT2D eigenvalue weighted by molar-refractivity contribution is -0.386. The maximum atomic E-state index is 11.3. The molecule has 0 radical (unpaired) electrons. The predicted molar refractivity (Wildman–Crippen MR) is 103 cm³/mol. The fourth-order valence-corrected chi connectivity index (χ4v) is 3.26. The topological polar surface area (TPSA) is 147 Å². The summed E-state index contributed by atoms with van der Waals surface area (Å²) in [5.41, 5.74) is -0.817. The van der Waals surface area contributed by atoms with Gasteiger partial charge in [-0.15, -0.1) is 0 Å². The Bertz CT molecular complexity index is 1050. The molecule has 0 atom stereocenters. The van der Waals surface area contributed by atoms with E-state index in [0.29, 0.717) is 16.7 Å². The molecule has 0 bridgehead atoms. The molecule has 0 fully saturated rings. The summed E-state index contributed by atoms with van der Waals surface area (Å²) in [5.74, 6) is -1.02. The van der Waals surface area contributed by atoms with Crippen LogP contribution in [0.15, 0.2) is 60.7 Å². The van der Waals surface area contributed by atoms with Crippen LogP contribution in [0.2, 0.25) is 0 Å². The third-order valence-corrected chi connectivity index (χ3v) is 4.94. The second-order valence-electron chi connectivity index (χ2n) is 6.59. The van der Waals surface area contributed by atoms with Crippen molar-refractivity contribution in [3.63, 3.8) is 0 Å². The van der Waals surface area contributed by atoms with E-state index < -0.39 is 38.1 Å². The van der Waals surface area contributed by atoms with Crippen LogP contribution in [0, 0.1) is 20.2 Å².